The Morgan fingerprint density at radius 1 is 1.32 bits per heavy atom. The number of carbonyl (C=O) groups excluding carboxylic acids is 1. The van der Waals surface area contributed by atoms with Crippen LogP contribution in [0.1, 0.15) is 42.3 Å². The van der Waals surface area contributed by atoms with E-state index in [-0.39, 0.29) is 12.5 Å². The minimum Gasteiger partial charge on any atom is -0.395 e. The predicted molar refractivity (Wildman–Crippen MR) is 86.9 cm³/mol. The van der Waals surface area contributed by atoms with Gasteiger partial charge in [-0.3, -0.25) is 4.79 Å². The quantitative estimate of drug-likeness (QED) is 0.647. The van der Waals surface area contributed by atoms with Crippen LogP contribution in [0.4, 0.5) is 0 Å². The van der Waals surface area contributed by atoms with Crippen LogP contribution in [0, 0.1) is 0 Å². The van der Waals surface area contributed by atoms with Crippen LogP contribution in [0.3, 0.4) is 0 Å². The van der Waals surface area contributed by atoms with Gasteiger partial charge in [0, 0.05) is 17.6 Å². The maximum Gasteiger partial charge on any atom is 0.264 e. The summed E-state index contributed by atoms with van der Waals surface area (Å²) in [7, 11) is 0. The number of unbranched alkanes of at least 4 members (excludes halogenated alkanes) is 3. The fraction of sp³-hybridized carbons (Fsp3) is 0.615. The number of rotatable bonds is 8. The SMILES string of the molecule is CCCCCCN(CCO)C(=O)c1cc(Br)c(Br)s1. The van der Waals surface area contributed by atoms with E-state index in [1.807, 2.05) is 6.07 Å². The lowest BCUT2D eigenvalue weighted by Crippen LogP contribution is -2.34. The third kappa shape index (κ3) is 5.53. The molecule has 0 bridgehead atoms. The summed E-state index contributed by atoms with van der Waals surface area (Å²) < 4.78 is 1.82. The average molecular weight is 413 g/mol. The van der Waals surface area contributed by atoms with E-state index in [2.05, 4.69) is 38.8 Å². The predicted octanol–water partition coefficient (Wildman–Crippen LogP) is 4.29. The highest BCUT2D eigenvalue weighted by Gasteiger charge is 2.18. The number of halogens is 2. The number of hydrogen-bond donors (Lipinski definition) is 1. The molecule has 1 aromatic heterocycles. The Kier molecular flexibility index (Phi) is 8.21. The van der Waals surface area contributed by atoms with Crippen LogP contribution < -0.4 is 0 Å². The van der Waals surface area contributed by atoms with E-state index >= 15 is 0 Å². The Hall–Kier alpha value is 0.0900. The molecule has 0 atom stereocenters. The Balaban J connectivity index is 2.61. The number of amides is 1. The molecule has 0 unspecified atom stereocenters. The Morgan fingerprint density at radius 3 is 2.58 bits per heavy atom. The summed E-state index contributed by atoms with van der Waals surface area (Å²) in [4.78, 5) is 14.8. The topological polar surface area (TPSA) is 40.5 Å². The van der Waals surface area contributed by atoms with Crippen molar-refractivity contribution in [1.29, 1.82) is 0 Å². The van der Waals surface area contributed by atoms with Gasteiger partial charge in [-0.2, -0.15) is 0 Å². The smallest absolute Gasteiger partial charge is 0.264 e. The van der Waals surface area contributed by atoms with Crippen LogP contribution in [-0.2, 0) is 0 Å². The molecular weight excluding hydrogens is 394 g/mol. The van der Waals surface area contributed by atoms with E-state index < -0.39 is 0 Å². The third-order valence-corrected chi connectivity index (χ3v) is 6.04. The van der Waals surface area contributed by atoms with E-state index in [0.717, 1.165) is 21.1 Å². The molecule has 0 radical (unpaired) electrons. The molecule has 1 heterocycles. The highest BCUT2D eigenvalue weighted by molar-refractivity contribution is 9.13. The molecular formula is C13H19Br2NO2S. The number of nitrogens with zero attached hydrogens (tertiary/aromatic N) is 1. The summed E-state index contributed by atoms with van der Waals surface area (Å²) >= 11 is 8.20. The summed E-state index contributed by atoms with van der Waals surface area (Å²) in [6.45, 7) is 3.29. The minimum absolute atomic E-state index is 0.00180. The van der Waals surface area contributed by atoms with E-state index in [0.29, 0.717) is 18.0 Å². The molecule has 0 saturated carbocycles. The first-order chi connectivity index (χ1) is 9.10. The molecule has 19 heavy (non-hydrogen) atoms. The van der Waals surface area contributed by atoms with Gasteiger partial charge < -0.3 is 10.0 Å². The van der Waals surface area contributed by atoms with Crippen molar-refractivity contribution < 1.29 is 9.90 Å². The molecule has 3 nitrogen and oxygen atoms in total. The van der Waals surface area contributed by atoms with Crippen LogP contribution in [0.25, 0.3) is 0 Å². The molecule has 0 spiro atoms. The third-order valence-electron chi connectivity index (χ3n) is 2.79. The molecule has 1 rings (SSSR count). The molecule has 108 valence electrons. The van der Waals surface area contributed by atoms with Gasteiger partial charge in [-0.15, -0.1) is 11.3 Å². The molecule has 0 aliphatic heterocycles. The first kappa shape index (κ1) is 17.1. The summed E-state index contributed by atoms with van der Waals surface area (Å²) in [5, 5.41) is 9.09. The Bertz CT molecular complexity index is 390. The lowest BCUT2D eigenvalue weighted by molar-refractivity contribution is 0.0723. The molecule has 0 fully saturated rings. The summed E-state index contributed by atoms with van der Waals surface area (Å²) in [5.74, 6) is 0.00180. The second-order valence-corrected chi connectivity index (χ2v) is 7.53. The highest BCUT2D eigenvalue weighted by atomic mass is 79.9. The number of aliphatic hydroxyl groups excluding tert-OH is 1. The molecule has 0 aliphatic rings. The molecule has 1 amide bonds. The van der Waals surface area contributed by atoms with Crippen molar-refractivity contribution in [2.75, 3.05) is 19.7 Å². The molecule has 0 saturated heterocycles. The van der Waals surface area contributed by atoms with Crippen molar-refractivity contribution in [3.05, 3.63) is 19.2 Å². The zero-order chi connectivity index (χ0) is 14.3. The first-order valence-corrected chi connectivity index (χ1v) is 8.85. The minimum atomic E-state index is 0.00180. The second-order valence-electron chi connectivity index (χ2n) is 4.31. The molecule has 1 aromatic rings. The van der Waals surface area contributed by atoms with Crippen molar-refractivity contribution in [2.24, 2.45) is 0 Å². The van der Waals surface area contributed by atoms with Crippen LogP contribution in [0.5, 0.6) is 0 Å². The van der Waals surface area contributed by atoms with E-state index in [1.54, 1.807) is 4.90 Å². The van der Waals surface area contributed by atoms with Gasteiger partial charge in [-0.05, 0) is 44.3 Å². The van der Waals surface area contributed by atoms with E-state index in [9.17, 15) is 4.79 Å². The van der Waals surface area contributed by atoms with Crippen molar-refractivity contribution in [2.45, 2.75) is 32.6 Å². The number of carbonyl (C=O) groups is 1. The second kappa shape index (κ2) is 9.10. The Morgan fingerprint density at radius 2 is 2.05 bits per heavy atom. The zero-order valence-electron chi connectivity index (χ0n) is 11.0. The highest BCUT2D eigenvalue weighted by Crippen LogP contribution is 2.33. The van der Waals surface area contributed by atoms with Gasteiger partial charge in [0.1, 0.15) is 0 Å². The van der Waals surface area contributed by atoms with Crippen LogP contribution in [0.2, 0.25) is 0 Å². The number of aliphatic hydroxyl groups is 1. The normalized spacial score (nSPS) is 10.7. The maximum atomic E-state index is 12.3. The summed E-state index contributed by atoms with van der Waals surface area (Å²) in [6, 6.07) is 1.83. The fourth-order valence-corrected chi connectivity index (χ4v) is 3.78. The van der Waals surface area contributed by atoms with Crippen LogP contribution in [-0.4, -0.2) is 35.6 Å². The van der Waals surface area contributed by atoms with Gasteiger partial charge >= 0.3 is 0 Å². The van der Waals surface area contributed by atoms with E-state index in [1.165, 1.54) is 24.2 Å². The monoisotopic (exact) mass is 411 g/mol. The first-order valence-electron chi connectivity index (χ1n) is 6.45. The largest absolute Gasteiger partial charge is 0.395 e. The Labute approximate surface area is 135 Å². The van der Waals surface area contributed by atoms with Crippen molar-refractivity contribution >= 4 is 49.1 Å². The average Bonchev–Trinajstić information content (AvgIpc) is 2.72. The van der Waals surface area contributed by atoms with Gasteiger partial charge in [0.2, 0.25) is 0 Å². The maximum absolute atomic E-state index is 12.3. The van der Waals surface area contributed by atoms with Gasteiger partial charge in [0.05, 0.1) is 15.3 Å². The van der Waals surface area contributed by atoms with Crippen molar-refractivity contribution in [3.8, 4) is 0 Å². The molecule has 0 aliphatic carbocycles. The lowest BCUT2D eigenvalue weighted by atomic mass is 10.2. The van der Waals surface area contributed by atoms with Crippen molar-refractivity contribution in [1.82, 2.24) is 4.90 Å². The van der Waals surface area contributed by atoms with Gasteiger partial charge in [-0.25, -0.2) is 0 Å². The summed E-state index contributed by atoms with van der Waals surface area (Å²) in [5.41, 5.74) is 0. The van der Waals surface area contributed by atoms with Crippen molar-refractivity contribution in [3.63, 3.8) is 0 Å². The standard InChI is InChI=1S/C13H19Br2NO2S/c1-2-3-4-5-6-16(7-8-17)13(18)11-9-10(14)12(15)19-11/h9,17H,2-8H2,1H3. The summed E-state index contributed by atoms with van der Waals surface area (Å²) in [6.07, 6.45) is 4.49. The van der Waals surface area contributed by atoms with Gasteiger partial charge in [-0.1, -0.05) is 26.2 Å². The zero-order valence-corrected chi connectivity index (χ0v) is 15.0. The van der Waals surface area contributed by atoms with Crippen LogP contribution in [0.15, 0.2) is 14.3 Å². The van der Waals surface area contributed by atoms with Crippen LogP contribution >= 0.6 is 43.2 Å². The molecule has 0 aromatic carbocycles. The fourth-order valence-electron chi connectivity index (χ4n) is 1.77. The molecule has 1 N–H and O–H groups in total. The van der Waals surface area contributed by atoms with E-state index in [4.69, 9.17) is 5.11 Å². The number of hydrogen-bond acceptors (Lipinski definition) is 3. The lowest BCUT2D eigenvalue weighted by Gasteiger charge is -2.21. The molecule has 6 heteroatoms. The van der Waals surface area contributed by atoms with Gasteiger partial charge in [0.25, 0.3) is 5.91 Å². The van der Waals surface area contributed by atoms with Gasteiger partial charge in [0.15, 0.2) is 0 Å². The number of thiophene rings is 1.